The van der Waals surface area contributed by atoms with Crippen LogP contribution in [-0.4, -0.2) is 17.1 Å². The smallest absolute Gasteiger partial charge is 0.233 e. The predicted molar refractivity (Wildman–Crippen MR) is 87.5 cm³/mol. The zero-order valence-corrected chi connectivity index (χ0v) is 12.7. The maximum Gasteiger partial charge on any atom is 0.233 e. The predicted octanol–water partition coefficient (Wildman–Crippen LogP) is 3.55. The maximum atomic E-state index is 12.6. The molecule has 0 saturated carbocycles. The van der Waals surface area contributed by atoms with Crippen LogP contribution in [0.1, 0.15) is 31.4 Å². The lowest BCUT2D eigenvalue weighted by atomic mass is 9.78. The average molecular weight is 295 g/mol. The molecule has 3 nitrogen and oxygen atoms in total. The van der Waals surface area contributed by atoms with Crippen molar-refractivity contribution in [3.63, 3.8) is 0 Å². The first-order valence-electron chi connectivity index (χ1n) is 7.79. The number of para-hydroxylation sites is 1. The van der Waals surface area contributed by atoms with Crippen LogP contribution in [0.3, 0.4) is 0 Å². The number of hydrogen-bond donors (Lipinski definition) is 1. The van der Waals surface area contributed by atoms with Gasteiger partial charge in [-0.15, -0.1) is 0 Å². The molecule has 1 aliphatic heterocycles. The SMILES string of the molecule is CC(O)CCC1C(=O)N(c2ccccc2)C1c1ccccc1. The van der Waals surface area contributed by atoms with E-state index in [1.165, 1.54) is 0 Å². The Morgan fingerprint density at radius 1 is 1.05 bits per heavy atom. The summed E-state index contributed by atoms with van der Waals surface area (Å²) < 4.78 is 0. The number of aliphatic hydroxyl groups excluding tert-OH is 1. The van der Waals surface area contributed by atoms with Gasteiger partial charge in [-0.1, -0.05) is 48.5 Å². The Hall–Kier alpha value is -2.13. The van der Waals surface area contributed by atoms with Crippen molar-refractivity contribution in [2.45, 2.75) is 31.9 Å². The standard InChI is InChI=1S/C19H21NO2/c1-14(21)12-13-17-18(15-8-4-2-5-9-15)20(19(17)22)16-10-6-3-7-11-16/h2-11,14,17-18,21H,12-13H2,1H3. The van der Waals surface area contributed by atoms with Gasteiger partial charge in [0.15, 0.2) is 0 Å². The third kappa shape index (κ3) is 2.77. The average Bonchev–Trinajstić information content (AvgIpc) is 2.54. The van der Waals surface area contributed by atoms with Crippen LogP contribution in [0.2, 0.25) is 0 Å². The van der Waals surface area contributed by atoms with E-state index in [4.69, 9.17) is 0 Å². The molecule has 1 fully saturated rings. The van der Waals surface area contributed by atoms with E-state index in [1.54, 1.807) is 6.92 Å². The molecule has 2 aromatic carbocycles. The molecular formula is C19H21NO2. The van der Waals surface area contributed by atoms with Crippen LogP contribution in [-0.2, 0) is 4.79 Å². The molecule has 22 heavy (non-hydrogen) atoms. The fourth-order valence-electron chi connectivity index (χ4n) is 3.16. The summed E-state index contributed by atoms with van der Waals surface area (Å²) in [5, 5.41) is 9.52. The van der Waals surface area contributed by atoms with Crippen molar-refractivity contribution in [1.82, 2.24) is 0 Å². The van der Waals surface area contributed by atoms with Crippen LogP contribution in [0.15, 0.2) is 60.7 Å². The summed E-state index contributed by atoms with van der Waals surface area (Å²) in [6.45, 7) is 1.77. The highest BCUT2D eigenvalue weighted by atomic mass is 16.3. The van der Waals surface area contributed by atoms with Crippen molar-refractivity contribution in [2.24, 2.45) is 5.92 Å². The molecule has 0 radical (unpaired) electrons. The third-order valence-electron chi connectivity index (χ3n) is 4.28. The molecule has 2 aromatic rings. The topological polar surface area (TPSA) is 40.5 Å². The Morgan fingerprint density at radius 2 is 1.64 bits per heavy atom. The van der Waals surface area contributed by atoms with Crippen molar-refractivity contribution in [3.8, 4) is 0 Å². The number of anilines is 1. The van der Waals surface area contributed by atoms with Crippen LogP contribution in [0.5, 0.6) is 0 Å². The van der Waals surface area contributed by atoms with E-state index in [2.05, 4.69) is 12.1 Å². The zero-order chi connectivity index (χ0) is 15.5. The van der Waals surface area contributed by atoms with E-state index in [1.807, 2.05) is 53.4 Å². The monoisotopic (exact) mass is 295 g/mol. The number of nitrogens with zero attached hydrogens (tertiary/aromatic N) is 1. The number of carbonyl (C=O) groups is 1. The van der Waals surface area contributed by atoms with Gasteiger partial charge in [0, 0.05) is 5.69 Å². The number of benzene rings is 2. The van der Waals surface area contributed by atoms with Crippen LogP contribution in [0, 0.1) is 5.92 Å². The van der Waals surface area contributed by atoms with E-state index in [0.29, 0.717) is 6.42 Å². The van der Waals surface area contributed by atoms with Crippen LogP contribution in [0.4, 0.5) is 5.69 Å². The Kier molecular flexibility index (Phi) is 4.25. The number of amides is 1. The molecule has 0 aromatic heterocycles. The van der Waals surface area contributed by atoms with Gasteiger partial charge in [0.25, 0.3) is 0 Å². The van der Waals surface area contributed by atoms with E-state index in [0.717, 1.165) is 17.7 Å². The second-order valence-corrected chi connectivity index (χ2v) is 5.93. The third-order valence-corrected chi connectivity index (χ3v) is 4.28. The first-order chi connectivity index (χ1) is 10.7. The van der Waals surface area contributed by atoms with E-state index >= 15 is 0 Å². The van der Waals surface area contributed by atoms with Crippen molar-refractivity contribution < 1.29 is 9.90 Å². The van der Waals surface area contributed by atoms with Gasteiger partial charge in [0.05, 0.1) is 18.1 Å². The van der Waals surface area contributed by atoms with E-state index in [-0.39, 0.29) is 24.0 Å². The molecule has 0 bridgehead atoms. The highest BCUT2D eigenvalue weighted by Gasteiger charge is 2.48. The number of β-lactam (4-membered cyclic amide) rings is 1. The molecule has 1 aliphatic rings. The van der Waals surface area contributed by atoms with E-state index in [9.17, 15) is 9.90 Å². The van der Waals surface area contributed by atoms with Gasteiger partial charge < -0.3 is 10.0 Å². The molecule has 1 amide bonds. The van der Waals surface area contributed by atoms with E-state index < -0.39 is 0 Å². The maximum absolute atomic E-state index is 12.6. The minimum Gasteiger partial charge on any atom is -0.393 e. The molecule has 3 heteroatoms. The fourth-order valence-corrected chi connectivity index (χ4v) is 3.16. The summed E-state index contributed by atoms with van der Waals surface area (Å²) in [4.78, 5) is 14.5. The van der Waals surface area contributed by atoms with Gasteiger partial charge in [-0.25, -0.2) is 0 Å². The molecule has 1 saturated heterocycles. The Bertz CT molecular complexity index is 624. The van der Waals surface area contributed by atoms with Crippen LogP contribution >= 0.6 is 0 Å². The number of carbonyl (C=O) groups excluding carboxylic acids is 1. The largest absolute Gasteiger partial charge is 0.393 e. The molecule has 1 N–H and O–H groups in total. The van der Waals surface area contributed by atoms with Gasteiger partial charge in [-0.05, 0) is 37.5 Å². The summed E-state index contributed by atoms with van der Waals surface area (Å²) in [5.41, 5.74) is 2.09. The minimum absolute atomic E-state index is 0.0443. The number of hydrogen-bond acceptors (Lipinski definition) is 2. The van der Waals surface area contributed by atoms with Gasteiger partial charge in [-0.2, -0.15) is 0 Å². The molecule has 3 unspecified atom stereocenters. The summed E-state index contributed by atoms with van der Waals surface area (Å²) >= 11 is 0. The molecule has 114 valence electrons. The van der Waals surface area contributed by atoms with Crippen LogP contribution in [0.25, 0.3) is 0 Å². The van der Waals surface area contributed by atoms with Crippen molar-refractivity contribution in [1.29, 1.82) is 0 Å². The quantitative estimate of drug-likeness (QED) is 0.857. The lowest BCUT2D eigenvalue weighted by Crippen LogP contribution is -2.55. The lowest BCUT2D eigenvalue weighted by molar-refractivity contribution is -0.131. The second kappa shape index (κ2) is 6.32. The molecule has 1 heterocycles. The number of aliphatic hydroxyl groups is 1. The molecular weight excluding hydrogens is 274 g/mol. The summed E-state index contributed by atoms with van der Waals surface area (Å²) in [5.74, 6) is 0.109. The molecule has 0 aliphatic carbocycles. The first-order valence-corrected chi connectivity index (χ1v) is 7.79. The second-order valence-electron chi connectivity index (χ2n) is 5.93. The van der Waals surface area contributed by atoms with Gasteiger partial charge in [-0.3, -0.25) is 4.79 Å². The minimum atomic E-state index is -0.366. The van der Waals surface area contributed by atoms with Gasteiger partial charge >= 0.3 is 0 Å². The summed E-state index contributed by atoms with van der Waals surface area (Å²) in [7, 11) is 0. The highest BCUT2D eigenvalue weighted by molar-refractivity contribution is 6.03. The molecule has 0 spiro atoms. The van der Waals surface area contributed by atoms with Crippen LogP contribution < -0.4 is 4.90 Å². The highest BCUT2D eigenvalue weighted by Crippen LogP contribution is 2.45. The zero-order valence-electron chi connectivity index (χ0n) is 12.7. The molecule has 3 rings (SSSR count). The normalized spacial score (nSPS) is 22.3. The van der Waals surface area contributed by atoms with Gasteiger partial charge in [0.1, 0.15) is 0 Å². The van der Waals surface area contributed by atoms with Crippen molar-refractivity contribution >= 4 is 11.6 Å². The summed E-state index contributed by atoms with van der Waals surface area (Å²) in [6, 6.07) is 20.0. The summed E-state index contributed by atoms with van der Waals surface area (Å²) in [6.07, 6.45) is 1.01. The molecule has 3 atom stereocenters. The lowest BCUT2D eigenvalue weighted by Gasteiger charge is -2.47. The van der Waals surface area contributed by atoms with Crippen molar-refractivity contribution in [2.75, 3.05) is 4.90 Å². The number of rotatable bonds is 5. The van der Waals surface area contributed by atoms with Crippen molar-refractivity contribution in [3.05, 3.63) is 66.2 Å². The Balaban J connectivity index is 1.88. The Morgan fingerprint density at radius 3 is 2.23 bits per heavy atom. The Labute approximate surface area is 131 Å². The fraction of sp³-hybridized carbons (Fsp3) is 0.316. The van der Waals surface area contributed by atoms with Gasteiger partial charge in [0.2, 0.25) is 5.91 Å². The first kappa shape index (κ1) is 14.8.